The molecule has 0 aliphatic rings. The third kappa shape index (κ3) is 5.35. The Morgan fingerprint density at radius 3 is 2.50 bits per heavy atom. The van der Waals surface area contributed by atoms with Gasteiger partial charge in [-0.05, 0) is 18.2 Å². The lowest BCUT2D eigenvalue weighted by atomic mass is 10.2. The fourth-order valence-electron chi connectivity index (χ4n) is 1.27. The Morgan fingerprint density at radius 2 is 1.95 bits per heavy atom. The zero-order valence-corrected chi connectivity index (χ0v) is 10.8. The minimum Gasteiger partial charge on any atom is -0.376 e. The normalized spacial score (nSPS) is 11.0. The summed E-state index contributed by atoms with van der Waals surface area (Å²) in [7, 11) is 0. The highest BCUT2D eigenvalue weighted by atomic mass is 35.5. The van der Waals surface area contributed by atoms with Crippen LogP contribution < -0.4 is 16.4 Å². The first-order chi connectivity index (χ1) is 9.19. The molecule has 9 heteroatoms. The van der Waals surface area contributed by atoms with Gasteiger partial charge in [-0.1, -0.05) is 11.6 Å². The summed E-state index contributed by atoms with van der Waals surface area (Å²) in [5.41, 5.74) is 5.47. The van der Waals surface area contributed by atoms with E-state index in [1.54, 1.807) is 5.32 Å². The highest BCUT2D eigenvalue weighted by Crippen LogP contribution is 2.20. The third-order valence-corrected chi connectivity index (χ3v) is 2.50. The molecule has 0 aliphatic carbocycles. The van der Waals surface area contributed by atoms with Crippen molar-refractivity contribution >= 4 is 29.1 Å². The van der Waals surface area contributed by atoms with E-state index in [1.165, 1.54) is 18.2 Å². The molecule has 1 aromatic rings. The number of hydrogen-bond donors (Lipinski definition) is 3. The molecule has 20 heavy (non-hydrogen) atoms. The number of amides is 2. The largest absolute Gasteiger partial charge is 0.405 e. The van der Waals surface area contributed by atoms with E-state index in [2.05, 4.69) is 5.32 Å². The van der Waals surface area contributed by atoms with Crippen LogP contribution in [0.25, 0.3) is 0 Å². The fourth-order valence-corrected chi connectivity index (χ4v) is 1.48. The number of halogens is 4. The van der Waals surface area contributed by atoms with Gasteiger partial charge in [0.05, 0.1) is 17.1 Å². The molecule has 0 fully saturated rings. The minimum atomic E-state index is -4.46. The second-order valence-corrected chi connectivity index (χ2v) is 4.21. The number of carbonyl (C=O) groups excluding carboxylic acids is 2. The van der Waals surface area contributed by atoms with Crippen LogP contribution in [-0.4, -0.2) is 31.1 Å². The van der Waals surface area contributed by atoms with E-state index in [9.17, 15) is 22.8 Å². The molecule has 0 atom stereocenters. The number of rotatable bonds is 5. The summed E-state index contributed by atoms with van der Waals surface area (Å²) in [6, 6.07) is 4.16. The maximum Gasteiger partial charge on any atom is 0.405 e. The minimum absolute atomic E-state index is 0.0485. The van der Waals surface area contributed by atoms with Crippen LogP contribution in [0.4, 0.5) is 18.9 Å². The summed E-state index contributed by atoms with van der Waals surface area (Å²) in [4.78, 5) is 22.2. The van der Waals surface area contributed by atoms with E-state index in [0.29, 0.717) is 5.69 Å². The van der Waals surface area contributed by atoms with Gasteiger partial charge in [0.1, 0.15) is 6.54 Å². The van der Waals surface area contributed by atoms with E-state index in [4.69, 9.17) is 17.3 Å². The molecule has 0 bridgehead atoms. The Hall–Kier alpha value is -1.96. The van der Waals surface area contributed by atoms with Crippen molar-refractivity contribution in [2.24, 2.45) is 5.73 Å². The Balaban J connectivity index is 2.56. The molecule has 0 aliphatic heterocycles. The van der Waals surface area contributed by atoms with Crippen LogP contribution in [0.2, 0.25) is 5.02 Å². The van der Waals surface area contributed by atoms with Crippen LogP contribution in [0, 0.1) is 0 Å². The van der Waals surface area contributed by atoms with Crippen molar-refractivity contribution in [1.29, 1.82) is 0 Å². The molecule has 0 unspecified atom stereocenters. The van der Waals surface area contributed by atoms with E-state index < -0.39 is 24.5 Å². The lowest BCUT2D eigenvalue weighted by molar-refractivity contribution is -0.137. The molecule has 2 amide bonds. The summed E-state index contributed by atoms with van der Waals surface area (Å²) >= 11 is 5.72. The topological polar surface area (TPSA) is 84.2 Å². The molecule has 110 valence electrons. The van der Waals surface area contributed by atoms with E-state index in [1.807, 2.05) is 0 Å². The van der Waals surface area contributed by atoms with Crippen molar-refractivity contribution in [2.45, 2.75) is 6.18 Å². The van der Waals surface area contributed by atoms with Gasteiger partial charge in [0.25, 0.3) is 0 Å². The monoisotopic (exact) mass is 309 g/mol. The average molecular weight is 310 g/mol. The summed E-state index contributed by atoms with van der Waals surface area (Å²) in [5, 5.41) is 4.40. The Kier molecular flexibility index (Phi) is 5.20. The second kappa shape index (κ2) is 6.47. The summed E-state index contributed by atoms with van der Waals surface area (Å²) in [5.74, 6) is -1.59. The van der Waals surface area contributed by atoms with Crippen LogP contribution in [0.15, 0.2) is 18.2 Å². The molecule has 0 saturated carbocycles. The Labute approximate surface area is 117 Å². The van der Waals surface area contributed by atoms with Gasteiger partial charge in [0, 0.05) is 5.69 Å². The number of alkyl halides is 3. The second-order valence-electron chi connectivity index (χ2n) is 3.80. The highest BCUT2D eigenvalue weighted by molar-refractivity contribution is 6.33. The standard InChI is InChI=1S/C11H11ClF3N3O2/c12-8-2-1-6(3-7(8)10(16)20)17-4-9(19)18-5-11(13,14)15/h1-3,17H,4-5H2,(H2,16,20)(H,18,19). The molecule has 0 saturated heterocycles. The number of nitrogens with one attached hydrogen (secondary N) is 2. The quantitative estimate of drug-likeness (QED) is 0.771. The van der Waals surface area contributed by atoms with Crippen molar-refractivity contribution in [3.05, 3.63) is 28.8 Å². The van der Waals surface area contributed by atoms with Crippen LogP contribution in [0.5, 0.6) is 0 Å². The van der Waals surface area contributed by atoms with Gasteiger partial charge in [-0.25, -0.2) is 0 Å². The van der Waals surface area contributed by atoms with E-state index in [-0.39, 0.29) is 17.1 Å². The first-order valence-corrected chi connectivity index (χ1v) is 5.73. The van der Waals surface area contributed by atoms with Gasteiger partial charge in [0.2, 0.25) is 11.8 Å². The molecule has 0 radical (unpaired) electrons. The number of hydrogen-bond acceptors (Lipinski definition) is 3. The molecule has 4 N–H and O–H groups in total. The van der Waals surface area contributed by atoms with Gasteiger partial charge in [-0.2, -0.15) is 13.2 Å². The van der Waals surface area contributed by atoms with Crippen molar-refractivity contribution < 1.29 is 22.8 Å². The zero-order chi connectivity index (χ0) is 15.3. The molecule has 0 aromatic heterocycles. The first-order valence-electron chi connectivity index (χ1n) is 5.36. The van der Waals surface area contributed by atoms with Gasteiger partial charge >= 0.3 is 6.18 Å². The number of benzene rings is 1. The Morgan fingerprint density at radius 1 is 1.30 bits per heavy atom. The SMILES string of the molecule is NC(=O)c1cc(NCC(=O)NCC(F)(F)F)ccc1Cl. The number of nitrogens with two attached hydrogens (primary N) is 1. The lowest BCUT2D eigenvalue weighted by Gasteiger charge is -2.10. The smallest absolute Gasteiger partial charge is 0.376 e. The van der Waals surface area contributed by atoms with E-state index in [0.717, 1.165) is 0 Å². The third-order valence-electron chi connectivity index (χ3n) is 2.17. The van der Waals surface area contributed by atoms with Crippen LogP contribution >= 0.6 is 11.6 Å². The lowest BCUT2D eigenvalue weighted by Crippen LogP contribution is -2.37. The zero-order valence-electron chi connectivity index (χ0n) is 10.1. The number of anilines is 1. The Bertz CT molecular complexity index is 520. The van der Waals surface area contributed by atoms with Crippen LogP contribution in [0.3, 0.4) is 0 Å². The number of primary amides is 1. The van der Waals surface area contributed by atoms with Gasteiger partial charge in [-0.15, -0.1) is 0 Å². The molecule has 0 heterocycles. The summed E-state index contributed by atoms with van der Waals surface area (Å²) < 4.78 is 35.6. The summed E-state index contributed by atoms with van der Waals surface area (Å²) in [6.07, 6.45) is -4.46. The van der Waals surface area contributed by atoms with Gasteiger partial charge in [0.15, 0.2) is 0 Å². The maximum absolute atomic E-state index is 11.9. The molecular weight excluding hydrogens is 299 g/mol. The van der Waals surface area contributed by atoms with Crippen molar-refractivity contribution in [2.75, 3.05) is 18.4 Å². The van der Waals surface area contributed by atoms with Crippen LogP contribution in [0.1, 0.15) is 10.4 Å². The first kappa shape index (κ1) is 16.1. The molecule has 0 spiro atoms. The van der Waals surface area contributed by atoms with Crippen molar-refractivity contribution in [3.8, 4) is 0 Å². The fraction of sp³-hybridized carbons (Fsp3) is 0.273. The predicted molar refractivity (Wildman–Crippen MR) is 67.5 cm³/mol. The van der Waals surface area contributed by atoms with Crippen LogP contribution in [-0.2, 0) is 4.79 Å². The van der Waals surface area contributed by atoms with Crippen molar-refractivity contribution in [1.82, 2.24) is 5.32 Å². The molecule has 1 rings (SSSR count). The maximum atomic E-state index is 11.9. The highest BCUT2D eigenvalue weighted by Gasteiger charge is 2.27. The van der Waals surface area contributed by atoms with E-state index >= 15 is 0 Å². The molecule has 1 aromatic carbocycles. The number of carbonyl (C=O) groups is 2. The molecular formula is C11H11ClF3N3O2. The molecule has 5 nitrogen and oxygen atoms in total. The predicted octanol–water partition coefficient (Wildman–Crippen LogP) is 1.53. The van der Waals surface area contributed by atoms with Crippen molar-refractivity contribution in [3.63, 3.8) is 0 Å². The van der Waals surface area contributed by atoms with Gasteiger partial charge < -0.3 is 16.4 Å². The average Bonchev–Trinajstić information content (AvgIpc) is 2.34. The van der Waals surface area contributed by atoms with Gasteiger partial charge in [-0.3, -0.25) is 9.59 Å². The summed E-state index contributed by atoms with van der Waals surface area (Å²) in [6.45, 7) is -1.78.